The molecule has 1 heterocycles. The molecule has 1 aromatic rings. The van der Waals surface area contributed by atoms with E-state index in [9.17, 15) is 0 Å². The Balaban J connectivity index is 2.56. The molecular formula is C8H15N3O2. The average molecular weight is 185 g/mol. The summed E-state index contributed by atoms with van der Waals surface area (Å²) in [6.07, 6.45) is 2.05. The highest BCUT2D eigenvalue weighted by atomic mass is 16.6. The lowest BCUT2D eigenvalue weighted by molar-refractivity contribution is 0.215. The molecule has 0 aliphatic heterocycles. The molecular weight excluding hydrogens is 170 g/mol. The second-order valence-corrected chi connectivity index (χ2v) is 2.75. The zero-order chi connectivity index (χ0) is 9.68. The third-order valence-corrected chi connectivity index (χ3v) is 1.62. The Hall–Kier alpha value is -1.10. The number of nitrogens with two attached hydrogens (primary N) is 1. The van der Waals surface area contributed by atoms with Crippen molar-refractivity contribution in [2.24, 2.45) is 5.73 Å². The van der Waals surface area contributed by atoms with Gasteiger partial charge in [0.15, 0.2) is 5.82 Å². The van der Waals surface area contributed by atoms with Crippen LogP contribution >= 0.6 is 0 Å². The Bertz CT molecular complexity index is 249. The predicted molar refractivity (Wildman–Crippen MR) is 47.3 cm³/mol. The highest BCUT2D eigenvalue weighted by Gasteiger charge is 2.13. The van der Waals surface area contributed by atoms with Crippen LogP contribution in [-0.4, -0.2) is 16.7 Å². The Kier molecular flexibility index (Phi) is 3.70. The van der Waals surface area contributed by atoms with Crippen LogP contribution in [0.15, 0.2) is 4.52 Å². The van der Waals surface area contributed by atoms with Crippen LogP contribution in [0.25, 0.3) is 0 Å². The van der Waals surface area contributed by atoms with Gasteiger partial charge in [0.1, 0.15) is 0 Å². The molecule has 0 spiro atoms. The second-order valence-electron chi connectivity index (χ2n) is 2.75. The first-order chi connectivity index (χ1) is 6.27. The van der Waals surface area contributed by atoms with Gasteiger partial charge in [-0.25, -0.2) is 0 Å². The number of hydrogen-bond acceptors (Lipinski definition) is 5. The molecule has 74 valence electrons. The number of hydrogen-bond donors (Lipinski definition) is 1. The monoisotopic (exact) mass is 185 g/mol. The van der Waals surface area contributed by atoms with Crippen molar-refractivity contribution >= 4 is 0 Å². The first-order valence-corrected chi connectivity index (χ1v) is 4.49. The maximum absolute atomic E-state index is 5.77. The van der Waals surface area contributed by atoms with Crippen molar-refractivity contribution in [2.75, 3.05) is 6.61 Å². The normalized spacial score (nSPS) is 12.8. The molecule has 0 saturated heterocycles. The molecule has 5 heteroatoms. The summed E-state index contributed by atoms with van der Waals surface area (Å²) in [5, 5.41) is 3.72. The van der Waals surface area contributed by atoms with Gasteiger partial charge in [0.2, 0.25) is 0 Å². The van der Waals surface area contributed by atoms with E-state index >= 15 is 0 Å². The molecule has 0 amide bonds. The molecule has 0 bridgehead atoms. The molecule has 1 rings (SSSR count). The summed E-state index contributed by atoms with van der Waals surface area (Å²) in [5.41, 5.74) is 5.77. The molecule has 0 aromatic carbocycles. The van der Waals surface area contributed by atoms with E-state index in [2.05, 4.69) is 17.1 Å². The fourth-order valence-corrected chi connectivity index (χ4v) is 0.993. The first kappa shape index (κ1) is 9.98. The van der Waals surface area contributed by atoms with E-state index in [0.29, 0.717) is 12.4 Å². The highest BCUT2D eigenvalue weighted by molar-refractivity contribution is 4.95. The highest BCUT2D eigenvalue weighted by Crippen LogP contribution is 2.15. The van der Waals surface area contributed by atoms with E-state index < -0.39 is 0 Å². The second kappa shape index (κ2) is 4.81. The van der Waals surface area contributed by atoms with Gasteiger partial charge in [-0.3, -0.25) is 4.52 Å². The van der Waals surface area contributed by atoms with Crippen LogP contribution in [0.4, 0.5) is 0 Å². The molecule has 0 saturated carbocycles. The first-order valence-electron chi connectivity index (χ1n) is 4.49. The van der Waals surface area contributed by atoms with Crippen molar-refractivity contribution in [1.29, 1.82) is 0 Å². The summed E-state index contributed by atoms with van der Waals surface area (Å²) in [5.74, 6) is 0.519. The van der Waals surface area contributed by atoms with E-state index in [0.717, 1.165) is 12.8 Å². The van der Waals surface area contributed by atoms with Gasteiger partial charge in [-0.15, -0.1) is 0 Å². The summed E-state index contributed by atoms with van der Waals surface area (Å²) in [6, 6.07) is -0.150. The fraction of sp³-hybridized carbons (Fsp3) is 0.750. The molecule has 0 aliphatic rings. The largest absolute Gasteiger partial charge is 0.449 e. The van der Waals surface area contributed by atoms with Crippen LogP contribution in [-0.2, 0) is 0 Å². The van der Waals surface area contributed by atoms with E-state index in [-0.39, 0.29) is 12.1 Å². The maximum Gasteiger partial charge on any atom is 0.417 e. The summed E-state index contributed by atoms with van der Waals surface area (Å²) in [6.45, 7) is 4.43. The number of ether oxygens (including phenoxy) is 1. The number of nitrogens with zero attached hydrogens (tertiary/aromatic N) is 2. The van der Waals surface area contributed by atoms with E-state index in [4.69, 9.17) is 15.0 Å². The Morgan fingerprint density at radius 2 is 2.31 bits per heavy atom. The molecule has 1 atom stereocenters. The quantitative estimate of drug-likeness (QED) is 0.747. The van der Waals surface area contributed by atoms with Gasteiger partial charge in [0, 0.05) is 0 Å². The van der Waals surface area contributed by atoms with Crippen molar-refractivity contribution < 1.29 is 9.26 Å². The van der Waals surface area contributed by atoms with Gasteiger partial charge in [0.25, 0.3) is 0 Å². The summed E-state index contributed by atoms with van der Waals surface area (Å²) in [4.78, 5) is 3.99. The SMILES string of the molecule is CCCC(N)c1noc(OCC)n1. The summed E-state index contributed by atoms with van der Waals surface area (Å²) in [7, 11) is 0. The smallest absolute Gasteiger partial charge is 0.417 e. The lowest BCUT2D eigenvalue weighted by Crippen LogP contribution is -2.11. The van der Waals surface area contributed by atoms with Gasteiger partial charge >= 0.3 is 6.08 Å². The molecule has 0 aliphatic carbocycles. The van der Waals surface area contributed by atoms with Gasteiger partial charge in [-0.2, -0.15) is 4.98 Å². The minimum absolute atomic E-state index is 0.150. The van der Waals surface area contributed by atoms with Crippen molar-refractivity contribution in [3.8, 4) is 6.08 Å². The summed E-state index contributed by atoms with van der Waals surface area (Å²) >= 11 is 0. The number of aromatic nitrogens is 2. The van der Waals surface area contributed by atoms with E-state index in [1.165, 1.54) is 0 Å². The van der Waals surface area contributed by atoms with Gasteiger partial charge in [0.05, 0.1) is 12.6 Å². The van der Waals surface area contributed by atoms with Crippen LogP contribution in [0.5, 0.6) is 6.08 Å². The van der Waals surface area contributed by atoms with Crippen LogP contribution in [0.2, 0.25) is 0 Å². The molecule has 13 heavy (non-hydrogen) atoms. The van der Waals surface area contributed by atoms with Crippen LogP contribution in [0.1, 0.15) is 38.6 Å². The molecule has 0 fully saturated rings. The minimum atomic E-state index is -0.150. The average Bonchev–Trinajstić information content (AvgIpc) is 2.54. The van der Waals surface area contributed by atoms with Crippen molar-refractivity contribution in [3.05, 3.63) is 5.82 Å². The molecule has 1 unspecified atom stereocenters. The van der Waals surface area contributed by atoms with Gasteiger partial charge in [-0.1, -0.05) is 18.5 Å². The van der Waals surface area contributed by atoms with Crippen molar-refractivity contribution in [3.63, 3.8) is 0 Å². The third kappa shape index (κ3) is 2.69. The Morgan fingerprint density at radius 1 is 1.54 bits per heavy atom. The van der Waals surface area contributed by atoms with Crippen LogP contribution in [0.3, 0.4) is 0 Å². The Morgan fingerprint density at radius 3 is 2.92 bits per heavy atom. The molecule has 0 radical (unpaired) electrons. The van der Waals surface area contributed by atoms with Crippen LogP contribution in [0, 0.1) is 0 Å². The fourth-order valence-electron chi connectivity index (χ4n) is 0.993. The molecule has 1 aromatic heterocycles. The number of rotatable bonds is 5. The topological polar surface area (TPSA) is 74.2 Å². The maximum atomic E-state index is 5.77. The van der Waals surface area contributed by atoms with E-state index in [1.54, 1.807) is 0 Å². The Labute approximate surface area is 77.3 Å². The van der Waals surface area contributed by atoms with Gasteiger partial charge < -0.3 is 10.5 Å². The molecule has 2 N–H and O–H groups in total. The van der Waals surface area contributed by atoms with Gasteiger partial charge in [-0.05, 0) is 13.3 Å². The lowest BCUT2D eigenvalue weighted by Gasteiger charge is -2.02. The van der Waals surface area contributed by atoms with Crippen LogP contribution < -0.4 is 10.5 Å². The lowest BCUT2D eigenvalue weighted by atomic mass is 10.2. The van der Waals surface area contributed by atoms with Crippen molar-refractivity contribution in [1.82, 2.24) is 10.1 Å². The summed E-state index contributed by atoms with van der Waals surface area (Å²) < 4.78 is 9.83. The van der Waals surface area contributed by atoms with E-state index in [1.807, 2.05) is 6.92 Å². The van der Waals surface area contributed by atoms with Crippen molar-refractivity contribution in [2.45, 2.75) is 32.7 Å². The zero-order valence-electron chi connectivity index (χ0n) is 7.99. The molecule has 5 nitrogen and oxygen atoms in total. The third-order valence-electron chi connectivity index (χ3n) is 1.62. The zero-order valence-corrected chi connectivity index (χ0v) is 7.99. The standard InChI is InChI=1S/C8H15N3O2/c1-3-5-6(9)7-10-8(12-4-2)13-11-7/h6H,3-5,9H2,1-2H3. The predicted octanol–water partition coefficient (Wildman–Crippen LogP) is 1.27. The minimum Gasteiger partial charge on any atom is -0.449 e.